The molecule has 2 heterocycles. The quantitative estimate of drug-likeness (QED) is 0.155. The van der Waals surface area contributed by atoms with E-state index in [2.05, 4.69) is 229 Å². The summed E-state index contributed by atoms with van der Waals surface area (Å²) in [6.45, 7) is 4.35. The van der Waals surface area contributed by atoms with Crippen molar-refractivity contribution in [2.75, 3.05) is 0 Å². The lowest BCUT2D eigenvalue weighted by atomic mass is 9.86. The van der Waals surface area contributed by atoms with Gasteiger partial charge >= 0.3 is 0 Å². The van der Waals surface area contributed by atoms with E-state index in [1.165, 1.54) is 115 Å². The minimum absolute atomic E-state index is 1.15. The molecular formula is C58H40N2. The van der Waals surface area contributed by atoms with Gasteiger partial charge in [-0.3, -0.25) is 0 Å². The van der Waals surface area contributed by atoms with Crippen LogP contribution in [0.4, 0.5) is 0 Å². The number of para-hydroxylation sites is 1. The molecule has 0 unspecified atom stereocenters. The highest BCUT2D eigenvalue weighted by Crippen LogP contribution is 2.44. The molecule has 2 aromatic heterocycles. The van der Waals surface area contributed by atoms with Gasteiger partial charge in [-0.05, 0) is 136 Å². The second-order valence-corrected chi connectivity index (χ2v) is 16.3. The second kappa shape index (κ2) is 13.4. The summed E-state index contributed by atoms with van der Waals surface area (Å²) in [6, 6.07) is 76.2. The molecule has 10 aromatic carbocycles. The van der Waals surface area contributed by atoms with E-state index >= 15 is 0 Å². The molecule has 0 fully saturated rings. The third-order valence-corrected chi connectivity index (χ3v) is 12.6. The largest absolute Gasteiger partial charge is 0.309 e. The van der Waals surface area contributed by atoms with Gasteiger partial charge in [-0.2, -0.15) is 0 Å². The van der Waals surface area contributed by atoms with Gasteiger partial charge in [0.15, 0.2) is 0 Å². The number of aromatic nitrogens is 2. The Labute approximate surface area is 348 Å². The van der Waals surface area contributed by atoms with E-state index in [1.54, 1.807) is 0 Å². The average Bonchev–Trinajstić information content (AvgIpc) is 3.80. The van der Waals surface area contributed by atoms with Gasteiger partial charge in [0.2, 0.25) is 0 Å². The SMILES string of the molecule is Cc1ccc2c(c1)c1cc(C)ccc1n2-c1ccc(-c2ccc3c(c2)c2ccccc2n3-c2ccc(-c3c4ccccc4c(-c4ccccc4)c4ccccc34)cc2)cc1. The Hall–Kier alpha value is -7.68. The van der Waals surface area contributed by atoms with Gasteiger partial charge in [0, 0.05) is 32.9 Å². The van der Waals surface area contributed by atoms with Crippen LogP contribution in [0.1, 0.15) is 11.1 Å². The van der Waals surface area contributed by atoms with Crippen LogP contribution in [-0.4, -0.2) is 9.13 Å². The van der Waals surface area contributed by atoms with E-state index < -0.39 is 0 Å². The summed E-state index contributed by atoms with van der Waals surface area (Å²) in [7, 11) is 0. The van der Waals surface area contributed by atoms with Gasteiger partial charge in [0.25, 0.3) is 0 Å². The van der Waals surface area contributed by atoms with Crippen LogP contribution in [0.5, 0.6) is 0 Å². The van der Waals surface area contributed by atoms with Crippen LogP contribution < -0.4 is 0 Å². The summed E-state index contributed by atoms with van der Waals surface area (Å²) in [5.74, 6) is 0. The number of hydrogen-bond acceptors (Lipinski definition) is 0. The van der Waals surface area contributed by atoms with Crippen molar-refractivity contribution in [1.82, 2.24) is 9.13 Å². The Balaban J connectivity index is 0.951. The number of benzene rings is 10. The lowest BCUT2D eigenvalue weighted by Crippen LogP contribution is -1.95. The topological polar surface area (TPSA) is 9.86 Å². The molecule has 282 valence electrons. The number of aryl methyl sites for hydroxylation is 2. The smallest absolute Gasteiger partial charge is 0.0541 e. The first-order chi connectivity index (χ1) is 29.6. The molecule has 0 saturated carbocycles. The summed E-state index contributed by atoms with van der Waals surface area (Å²) in [6.07, 6.45) is 0. The fourth-order valence-corrected chi connectivity index (χ4v) is 9.90. The summed E-state index contributed by atoms with van der Waals surface area (Å²) in [4.78, 5) is 0. The molecule has 2 nitrogen and oxygen atoms in total. The molecule has 2 heteroatoms. The van der Waals surface area contributed by atoms with Crippen LogP contribution in [-0.2, 0) is 0 Å². The van der Waals surface area contributed by atoms with Gasteiger partial charge in [0.1, 0.15) is 0 Å². The first kappa shape index (κ1) is 34.4. The summed E-state index contributed by atoms with van der Waals surface area (Å²) in [5.41, 5.74) is 17.2. The molecule has 60 heavy (non-hydrogen) atoms. The van der Waals surface area contributed by atoms with Crippen molar-refractivity contribution >= 4 is 65.2 Å². The zero-order chi connectivity index (χ0) is 39.9. The lowest BCUT2D eigenvalue weighted by molar-refractivity contribution is 1.18. The second-order valence-electron chi connectivity index (χ2n) is 16.3. The van der Waals surface area contributed by atoms with Crippen LogP contribution in [0.15, 0.2) is 206 Å². The molecule has 0 atom stereocenters. The molecule has 0 amide bonds. The number of nitrogens with zero attached hydrogens (tertiary/aromatic N) is 2. The molecule has 0 N–H and O–H groups in total. The summed E-state index contributed by atoms with van der Waals surface area (Å²) < 4.78 is 4.82. The molecule has 0 aliphatic heterocycles. The van der Waals surface area contributed by atoms with Crippen molar-refractivity contribution < 1.29 is 0 Å². The number of rotatable bonds is 5. The molecular weight excluding hydrogens is 725 g/mol. The minimum atomic E-state index is 1.15. The lowest BCUT2D eigenvalue weighted by Gasteiger charge is -2.18. The molecule has 0 spiro atoms. The Morgan fingerprint density at radius 2 is 0.617 bits per heavy atom. The van der Waals surface area contributed by atoms with Crippen molar-refractivity contribution in [2.45, 2.75) is 13.8 Å². The first-order valence-electron chi connectivity index (χ1n) is 20.8. The molecule has 0 saturated heterocycles. The standard InChI is InChI=1S/C58H40N2/c1-37-20-31-54-50(34-37)51-35-38(2)21-32-55(51)60(54)43-27-22-39(23-28-43)42-26-33-56-52(36-42)45-14-10-11-19-53(45)59(56)44-29-24-41(25-30-44)58-48-17-8-6-15-46(48)57(40-12-4-3-5-13-40)47-16-7-9-18-49(47)58/h3-36H,1-2H3. The van der Waals surface area contributed by atoms with Crippen molar-refractivity contribution in [2.24, 2.45) is 0 Å². The van der Waals surface area contributed by atoms with E-state index in [0.717, 1.165) is 5.69 Å². The average molecular weight is 765 g/mol. The molecule has 0 aliphatic carbocycles. The molecule has 0 radical (unpaired) electrons. The number of fused-ring (bicyclic) bond motifs is 8. The van der Waals surface area contributed by atoms with Crippen LogP contribution in [0.25, 0.3) is 110 Å². The third-order valence-electron chi connectivity index (χ3n) is 12.6. The van der Waals surface area contributed by atoms with E-state index in [0.29, 0.717) is 0 Å². The molecule has 12 aromatic rings. The van der Waals surface area contributed by atoms with Crippen LogP contribution in [0.2, 0.25) is 0 Å². The molecule has 12 rings (SSSR count). The zero-order valence-corrected chi connectivity index (χ0v) is 33.5. The van der Waals surface area contributed by atoms with Crippen molar-refractivity contribution in [3.63, 3.8) is 0 Å². The van der Waals surface area contributed by atoms with E-state index in [4.69, 9.17) is 0 Å². The fraction of sp³-hybridized carbons (Fsp3) is 0.0345. The van der Waals surface area contributed by atoms with E-state index in [1.807, 2.05) is 0 Å². The van der Waals surface area contributed by atoms with Gasteiger partial charge in [-0.25, -0.2) is 0 Å². The van der Waals surface area contributed by atoms with E-state index in [-0.39, 0.29) is 0 Å². The Morgan fingerprint density at radius 3 is 1.13 bits per heavy atom. The Kier molecular flexibility index (Phi) is 7.70. The maximum absolute atomic E-state index is 2.42. The van der Waals surface area contributed by atoms with Gasteiger partial charge in [-0.15, -0.1) is 0 Å². The maximum atomic E-state index is 2.42. The highest BCUT2D eigenvalue weighted by molar-refractivity contribution is 6.21. The summed E-state index contributed by atoms with van der Waals surface area (Å²) in [5, 5.41) is 10.2. The number of hydrogen-bond donors (Lipinski definition) is 0. The van der Waals surface area contributed by atoms with Crippen molar-refractivity contribution in [3.8, 4) is 44.8 Å². The van der Waals surface area contributed by atoms with Gasteiger partial charge in [-0.1, -0.05) is 151 Å². The normalized spacial score (nSPS) is 11.8. The van der Waals surface area contributed by atoms with Gasteiger partial charge in [0.05, 0.1) is 22.1 Å². The predicted molar refractivity (Wildman–Crippen MR) is 256 cm³/mol. The molecule has 0 bridgehead atoms. The van der Waals surface area contributed by atoms with Crippen molar-refractivity contribution in [3.05, 3.63) is 217 Å². The minimum Gasteiger partial charge on any atom is -0.309 e. The predicted octanol–water partition coefficient (Wildman–Crippen LogP) is 15.8. The van der Waals surface area contributed by atoms with E-state index in [9.17, 15) is 0 Å². The monoisotopic (exact) mass is 764 g/mol. The van der Waals surface area contributed by atoms with Crippen LogP contribution in [0.3, 0.4) is 0 Å². The first-order valence-corrected chi connectivity index (χ1v) is 20.8. The van der Waals surface area contributed by atoms with Gasteiger partial charge < -0.3 is 9.13 Å². The summed E-state index contributed by atoms with van der Waals surface area (Å²) >= 11 is 0. The maximum Gasteiger partial charge on any atom is 0.0541 e. The van der Waals surface area contributed by atoms with Crippen LogP contribution in [0, 0.1) is 13.8 Å². The Morgan fingerprint density at radius 1 is 0.250 bits per heavy atom. The Bertz CT molecular complexity index is 3520. The van der Waals surface area contributed by atoms with Crippen molar-refractivity contribution in [1.29, 1.82) is 0 Å². The molecule has 0 aliphatic rings. The highest BCUT2D eigenvalue weighted by atomic mass is 15.0. The van der Waals surface area contributed by atoms with Crippen LogP contribution >= 0.6 is 0 Å². The highest BCUT2D eigenvalue weighted by Gasteiger charge is 2.18. The third kappa shape index (κ3) is 5.28. The zero-order valence-electron chi connectivity index (χ0n) is 33.5. The fourth-order valence-electron chi connectivity index (χ4n) is 9.90.